The highest BCUT2D eigenvalue weighted by Gasteiger charge is 2.33. The van der Waals surface area contributed by atoms with Crippen LogP contribution >= 0.6 is 0 Å². The van der Waals surface area contributed by atoms with Gasteiger partial charge in [-0.2, -0.15) is 0 Å². The van der Waals surface area contributed by atoms with Crippen molar-refractivity contribution in [3.05, 3.63) is 71.5 Å². The van der Waals surface area contributed by atoms with Crippen molar-refractivity contribution < 1.29 is 9.18 Å². The van der Waals surface area contributed by atoms with Crippen LogP contribution in [0, 0.1) is 5.82 Å². The van der Waals surface area contributed by atoms with Gasteiger partial charge in [0.15, 0.2) is 0 Å². The molecule has 0 aliphatic carbocycles. The molecule has 1 aliphatic rings. The third-order valence-corrected chi connectivity index (χ3v) is 5.35. The molecule has 1 aliphatic heterocycles. The van der Waals surface area contributed by atoms with Crippen LogP contribution in [0.4, 0.5) is 4.39 Å². The molecule has 1 saturated heterocycles. The lowest BCUT2D eigenvalue weighted by atomic mass is 9.95. The lowest BCUT2D eigenvalue weighted by Crippen LogP contribution is -2.39. The summed E-state index contributed by atoms with van der Waals surface area (Å²) in [6, 6.07) is 16.5. The molecule has 0 aromatic heterocycles. The van der Waals surface area contributed by atoms with Crippen LogP contribution in [-0.4, -0.2) is 48.4 Å². The maximum Gasteiger partial charge on any atom is 0.236 e. The average Bonchev–Trinajstić information content (AvgIpc) is 3.02. The summed E-state index contributed by atoms with van der Waals surface area (Å²) in [7, 11) is 1.79. The monoisotopic (exact) mass is 355 g/mol. The molecular formula is C21H26FN3O. The zero-order chi connectivity index (χ0) is 18.7. The molecule has 3 atom stereocenters. The molecule has 0 bridgehead atoms. The number of amides is 1. The van der Waals surface area contributed by atoms with E-state index in [1.165, 1.54) is 17.7 Å². The number of hydrogen-bond acceptors (Lipinski definition) is 3. The van der Waals surface area contributed by atoms with Crippen LogP contribution in [0.1, 0.15) is 30.0 Å². The largest absolute Gasteiger partial charge is 0.338 e. The fourth-order valence-electron chi connectivity index (χ4n) is 3.58. The zero-order valence-corrected chi connectivity index (χ0v) is 15.3. The number of rotatable bonds is 5. The molecule has 3 rings (SSSR count). The molecule has 1 unspecified atom stereocenters. The van der Waals surface area contributed by atoms with Gasteiger partial charge in [0.1, 0.15) is 5.82 Å². The van der Waals surface area contributed by atoms with Crippen LogP contribution < -0.4 is 5.73 Å². The SMILES string of the molecule is CC(c1ccc(F)cc1)N(C)C(=O)CN1C[C@@H](N)[C@H](c2ccccc2)C1. The number of carbonyl (C=O) groups excluding carboxylic acids is 1. The van der Waals surface area contributed by atoms with Crippen molar-refractivity contribution in [1.82, 2.24) is 9.80 Å². The molecule has 2 aromatic carbocycles. The molecular weight excluding hydrogens is 329 g/mol. The quantitative estimate of drug-likeness (QED) is 0.897. The molecule has 1 heterocycles. The highest BCUT2D eigenvalue weighted by atomic mass is 19.1. The van der Waals surface area contributed by atoms with Crippen molar-refractivity contribution in [2.24, 2.45) is 5.73 Å². The van der Waals surface area contributed by atoms with Crippen LogP contribution in [0.3, 0.4) is 0 Å². The van der Waals surface area contributed by atoms with Crippen molar-refractivity contribution in [2.75, 3.05) is 26.7 Å². The Labute approximate surface area is 154 Å². The average molecular weight is 355 g/mol. The van der Waals surface area contributed by atoms with Gasteiger partial charge in [0.25, 0.3) is 0 Å². The van der Waals surface area contributed by atoms with Crippen LogP contribution in [-0.2, 0) is 4.79 Å². The summed E-state index contributed by atoms with van der Waals surface area (Å²) in [5, 5.41) is 0. The van der Waals surface area contributed by atoms with E-state index < -0.39 is 0 Å². The molecule has 2 aromatic rings. The Morgan fingerprint density at radius 1 is 1.19 bits per heavy atom. The standard InChI is InChI=1S/C21H26FN3O/c1-15(16-8-10-18(22)11-9-16)24(2)21(26)14-25-12-19(20(23)13-25)17-6-4-3-5-7-17/h3-11,15,19-20H,12-14,23H2,1-2H3/t15?,19-,20+/m0/s1. The topological polar surface area (TPSA) is 49.6 Å². The second-order valence-electron chi connectivity index (χ2n) is 7.11. The van der Waals surface area contributed by atoms with E-state index in [1.807, 2.05) is 25.1 Å². The number of likely N-dealkylation sites (N-methyl/N-ethyl adjacent to an activating group) is 1. The Bertz CT molecular complexity index is 735. The number of hydrogen-bond donors (Lipinski definition) is 1. The van der Waals surface area contributed by atoms with Crippen molar-refractivity contribution in [3.8, 4) is 0 Å². The predicted octanol–water partition coefficient (Wildman–Crippen LogP) is 2.77. The zero-order valence-electron chi connectivity index (χ0n) is 15.3. The minimum Gasteiger partial charge on any atom is -0.338 e. The second-order valence-corrected chi connectivity index (χ2v) is 7.11. The van der Waals surface area contributed by atoms with Gasteiger partial charge in [-0.05, 0) is 30.2 Å². The van der Waals surface area contributed by atoms with Gasteiger partial charge < -0.3 is 10.6 Å². The van der Waals surface area contributed by atoms with Crippen LogP contribution in [0.2, 0.25) is 0 Å². The molecule has 0 spiro atoms. The number of benzene rings is 2. The lowest BCUT2D eigenvalue weighted by Gasteiger charge is -2.27. The Hall–Kier alpha value is -2.24. The van der Waals surface area contributed by atoms with Crippen LogP contribution in [0.5, 0.6) is 0 Å². The highest BCUT2D eigenvalue weighted by molar-refractivity contribution is 5.78. The first-order chi connectivity index (χ1) is 12.5. The number of carbonyl (C=O) groups is 1. The summed E-state index contributed by atoms with van der Waals surface area (Å²) < 4.78 is 13.1. The fourth-order valence-corrected chi connectivity index (χ4v) is 3.58. The number of nitrogens with two attached hydrogens (primary N) is 1. The summed E-state index contributed by atoms with van der Waals surface area (Å²) >= 11 is 0. The Balaban J connectivity index is 1.60. The predicted molar refractivity (Wildman–Crippen MR) is 101 cm³/mol. The minimum atomic E-state index is -0.270. The molecule has 5 heteroatoms. The lowest BCUT2D eigenvalue weighted by molar-refractivity contribution is -0.132. The van der Waals surface area contributed by atoms with Gasteiger partial charge in [-0.15, -0.1) is 0 Å². The second kappa shape index (κ2) is 7.98. The summed E-state index contributed by atoms with van der Waals surface area (Å²) in [6.45, 7) is 3.80. The third kappa shape index (κ3) is 4.11. The maximum atomic E-state index is 13.1. The van der Waals surface area contributed by atoms with Crippen LogP contribution in [0.15, 0.2) is 54.6 Å². The van der Waals surface area contributed by atoms with E-state index in [1.54, 1.807) is 24.1 Å². The molecule has 0 radical (unpaired) electrons. The molecule has 4 nitrogen and oxygen atoms in total. The Kier molecular flexibility index (Phi) is 5.69. The van der Waals surface area contributed by atoms with E-state index >= 15 is 0 Å². The van der Waals surface area contributed by atoms with Crippen molar-refractivity contribution >= 4 is 5.91 Å². The first kappa shape index (κ1) is 18.5. The van der Waals surface area contributed by atoms with E-state index in [2.05, 4.69) is 17.0 Å². The Morgan fingerprint density at radius 2 is 1.85 bits per heavy atom. The van der Waals surface area contributed by atoms with E-state index in [-0.39, 0.29) is 29.7 Å². The third-order valence-electron chi connectivity index (χ3n) is 5.35. The number of nitrogens with zero attached hydrogens (tertiary/aromatic N) is 2. The minimum absolute atomic E-state index is 0.0324. The molecule has 1 amide bonds. The molecule has 0 saturated carbocycles. The van der Waals surface area contributed by atoms with Crippen molar-refractivity contribution in [2.45, 2.75) is 24.9 Å². The summed E-state index contributed by atoms with van der Waals surface area (Å²) in [4.78, 5) is 16.5. The van der Waals surface area contributed by atoms with E-state index in [0.717, 1.165) is 12.1 Å². The van der Waals surface area contributed by atoms with E-state index in [4.69, 9.17) is 5.73 Å². The van der Waals surface area contributed by atoms with Gasteiger partial charge in [-0.1, -0.05) is 42.5 Å². The van der Waals surface area contributed by atoms with Crippen molar-refractivity contribution in [3.63, 3.8) is 0 Å². The van der Waals surface area contributed by atoms with Gasteiger partial charge in [-0.3, -0.25) is 9.69 Å². The molecule has 26 heavy (non-hydrogen) atoms. The van der Waals surface area contributed by atoms with Gasteiger partial charge in [0.05, 0.1) is 12.6 Å². The smallest absolute Gasteiger partial charge is 0.236 e. The molecule has 2 N–H and O–H groups in total. The molecule has 1 fully saturated rings. The normalized spacial score (nSPS) is 21.5. The number of halogens is 1. The van der Waals surface area contributed by atoms with Gasteiger partial charge in [0.2, 0.25) is 5.91 Å². The maximum absolute atomic E-state index is 13.1. The van der Waals surface area contributed by atoms with Gasteiger partial charge in [-0.25, -0.2) is 4.39 Å². The fraction of sp³-hybridized carbons (Fsp3) is 0.381. The van der Waals surface area contributed by atoms with Gasteiger partial charge in [0, 0.05) is 32.1 Å². The van der Waals surface area contributed by atoms with Crippen LogP contribution in [0.25, 0.3) is 0 Å². The Morgan fingerprint density at radius 3 is 2.50 bits per heavy atom. The summed E-state index contributed by atoms with van der Waals surface area (Å²) in [5.74, 6) is 0.0273. The molecule has 138 valence electrons. The summed E-state index contributed by atoms with van der Waals surface area (Å²) in [6.07, 6.45) is 0. The first-order valence-electron chi connectivity index (χ1n) is 8.99. The van der Waals surface area contributed by atoms with Gasteiger partial charge >= 0.3 is 0 Å². The number of likely N-dealkylation sites (tertiary alicyclic amines) is 1. The van der Waals surface area contributed by atoms with Crippen molar-refractivity contribution in [1.29, 1.82) is 0 Å². The van der Waals surface area contributed by atoms with E-state index in [0.29, 0.717) is 13.1 Å². The highest BCUT2D eigenvalue weighted by Crippen LogP contribution is 2.26. The first-order valence-corrected chi connectivity index (χ1v) is 8.99. The summed E-state index contributed by atoms with van der Waals surface area (Å²) in [5.41, 5.74) is 8.46. The van der Waals surface area contributed by atoms with E-state index in [9.17, 15) is 9.18 Å².